The molecule has 128 valence electrons. The Kier molecular flexibility index (Phi) is 6.31. The Hall–Kier alpha value is -0.910. The fourth-order valence-corrected chi connectivity index (χ4v) is 6.57. The molecule has 0 aliphatic carbocycles. The third-order valence-electron chi connectivity index (χ3n) is 4.08. The van der Waals surface area contributed by atoms with Crippen LogP contribution >= 0.6 is 34.9 Å². The van der Waals surface area contributed by atoms with Gasteiger partial charge in [0.2, 0.25) is 0 Å². The molecule has 1 amide bonds. The highest BCUT2D eigenvalue weighted by atomic mass is 32.2. The molecule has 2 nitrogen and oxygen atoms in total. The van der Waals surface area contributed by atoms with Crippen LogP contribution in [0.5, 0.6) is 0 Å². The van der Waals surface area contributed by atoms with E-state index in [0.717, 1.165) is 5.56 Å². The van der Waals surface area contributed by atoms with Crippen molar-refractivity contribution in [3.05, 3.63) is 57.8 Å². The number of rotatable bonds is 5. The van der Waals surface area contributed by atoms with Crippen LogP contribution in [0.4, 0.5) is 0 Å². The number of amides is 1. The van der Waals surface area contributed by atoms with E-state index in [9.17, 15) is 4.79 Å². The number of carbonyl (C=O) groups excluding carboxylic acids is 1. The minimum absolute atomic E-state index is 0.0117. The Labute approximate surface area is 156 Å². The van der Waals surface area contributed by atoms with Crippen LogP contribution in [-0.4, -0.2) is 17.4 Å². The van der Waals surface area contributed by atoms with Crippen molar-refractivity contribution >= 4 is 40.8 Å². The molecule has 1 saturated heterocycles. The quantitative estimate of drug-likeness (QED) is 0.720. The summed E-state index contributed by atoms with van der Waals surface area (Å²) in [6.07, 6.45) is 1.30. The molecule has 1 aliphatic rings. The molecule has 1 aromatic carbocycles. The molecule has 1 fully saturated rings. The second kappa shape index (κ2) is 8.45. The third kappa shape index (κ3) is 4.38. The SMILES string of the molecule is CC(C)C(NC(=O)c1ccc(C2SCCCS2)cc1)c1cccs1. The molecule has 1 aliphatic heterocycles. The van der Waals surface area contributed by atoms with E-state index in [-0.39, 0.29) is 11.9 Å². The lowest BCUT2D eigenvalue weighted by molar-refractivity contribution is 0.0926. The summed E-state index contributed by atoms with van der Waals surface area (Å²) in [5.74, 6) is 2.84. The molecule has 5 heteroatoms. The van der Waals surface area contributed by atoms with Gasteiger partial charge in [0.25, 0.3) is 5.91 Å². The van der Waals surface area contributed by atoms with Gasteiger partial charge in [-0.05, 0) is 53.0 Å². The first kappa shape index (κ1) is 17.9. The number of benzene rings is 1. The molecule has 1 unspecified atom stereocenters. The lowest BCUT2D eigenvalue weighted by atomic mass is 10.0. The minimum atomic E-state index is 0.0117. The molecule has 3 rings (SSSR count). The molecule has 0 saturated carbocycles. The summed E-state index contributed by atoms with van der Waals surface area (Å²) in [5, 5.41) is 5.26. The lowest BCUT2D eigenvalue weighted by Gasteiger charge is -2.22. The molecule has 1 aromatic heterocycles. The second-order valence-corrected chi connectivity index (χ2v) is 9.96. The van der Waals surface area contributed by atoms with Gasteiger partial charge in [0.05, 0.1) is 10.6 Å². The summed E-state index contributed by atoms with van der Waals surface area (Å²) in [7, 11) is 0. The van der Waals surface area contributed by atoms with Crippen LogP contribution in [-0.2, 0) is 0 Å². The van der Waals surface area contributed by atoms with E-state index in [0.29, 0.717) is 10.5 Å². The summed E-state index contributed by atoms with van der Waals surface area (Å²) < 4.78 is 0.519. The maximum Gasteiger partial charge on any atom is 0.251 e. The highest BCUT2D eigenvalue weighted by Gasteiger charge is 2.21. The van der Waals surface area contributed by atoms with E-state index in [4.69, 9.17) is 0 Å². The van der Waals surface area contributed by atoms with Crippen LogP contribution in [0.3, 0.4) is 0 Å². The monoisotopic (exact) mass is 377 g/mol. The molecule has 0 spiro atoms. The number of hydrogen-bond acceptors (Lipinski definition) is 4. The first-order chi connectivity index (χ1) is 11.6. The Morgan fingerprint density at radius 1 is 1.12 bits per heavy atom. The van der Waals surface area contributed by atoms with E-state index >= 15 is 0 Å². The lowest BCUT2D eigenvalue weighted by Crippen LogP contribution is -2.31. The number of carbonyl (C=O) groups is 1. The Balaban J connectivity index is 1.68. The van der Waals surface area contributed by atoms with Crippen molar-refractivity contribution in [3.63, 3.8) is 0 Å². The van der Waals surface area contributed by atoms with Crippen molar-refractivity contribution in [1.29, 1.82) is 0 Å². The highest BCUT2D eigenvalue weighted by Crippen LogP contribution is 2.43. The van der Waals surface area contributed by atoms with Gasteiger partial charge in [-0.15, -0.1) is 34.9 Å². The van der Waals surface area contributed by atoms with Gasteiger partial charge in [-0.25, -0.2) is 0 Å². The normalized spacial score (nSPS) is 17.0. The predicted molar refractivity (Wildman–Crippen MR) is 108 cm³/mol. The van der Waals surface area contributed by atoms with E-state index < -0.39 is 0 Å². The fraction of sp³-hybridized carbons (Fsp3) is 0.421. The van der Waals surface area contributed by atoms with Gasteiger partial charge in [0.15, 0.2) is 0 Å². The zero-order valence-corrected chi connectivity index (χ0v) is 16.5. The minimum Gasteiger partial charge on any atom is -0.344 e. The van der Waals surface area contributed by atoms with E-state index in [1.54, 1.807) is 11.3 Å². The standard InChI is InChI=1S/C19H23NOS3/c1-13(2)17(16-5-3-10-22-16)20-18(21)14-6-8-15(9-7-14)19-23-11-4-12-24-19/h3,5-10,13,17,19H,4,11-12H2,1-2H3,(H,20,21). The van der Waals surface area contributed by atoms with Crippen LogP contribution in [0.2, 0.25) is 0 Å². The first-order valence-corrected chi connectivity index (χ1v) is 11.3. The maximum atomic E-state index is 12.6. The smallest absolute Gasteiger partial charge is 0.251 e. The van der Waals surface area contributed by atoms with E-state index in [1.807, 2.05) is 41.7 Å². The van der Waals surface area contributed by atoms with Crippen molar-refractivity contribution in [2.24, 2.45) is 5.92 Å². The first-order valence-electron chi connectivity index (χ1n) is 8.32. The van der Waals surface area contributed by atoms with Gasteiger partial charge in [0, 0.05) is 10.4 Å². The second-order valence-electron chi connectivity index (χ2n) is 6.26. The number of hydrogen-bond donors (Lipinski definition) is 1. The zero-order chi connectivity index (χ0) is 16.9. The van der Waals surface area contributed by atoms with Crippen LogP contribution in [0, 0.1) is 5.92 Å². The molecule has 0 radical (unpaired) electrons. The summed E-state index contributed by atoms with van der Waals surface area (Å²) in [4.78, 5) is 13.8. The number of thiophene rings is 1. The van der Waals surface area contributed by atoms with Crippen LogP contribution in [0.15, 0.2) is 41.8 Å². The van der Waals surface area contributed by atoms with Gasteiger partial charge >= 0.3 is 0 Å². The average molecular weight is 378 g/mol. The molecular formula is C19H23NOS3. The van der Waals surface area contributed by atoms with Gasteiger partial charge in [-0.1, -0.05) is 32.0 Å². The van der Waals surface area contributed by atoms with Crippen molar-refractivity contribution in [2.45, 2.75) is 30.9 Å². The molecule has 0 bridgehead atoms. The van der Waals surface area contributed by atoms with Crippen molar-refractivity contribution in [1.82, 2.24) is 5.32 Å². The van der Waals surface area contributed by atoms with E-state index in [1.165, 1.54) is 28.4 Å². The maximum absolute atomic E-state index is 12.6. The molecule has 2 heterocycles. The van der Waals surface area contributed by atoms with Crippen LogP contribution in [0.25, 0.3) is 0 Å². The Morgan fingerprint density at radius 2 is 1.83 bits per heavy atom. The van der Waals surface area contributed by atoms with Gasteiger partial charge in [0.1, 0.15) is 0 Å². The van der Waals surface area contributed by atoms with Crippen molar-refractivity contribution in [2.75, 3.05) is 11.5 Å². The summed E-state index contributed by atoms with van der Waals surface area (Å²) in [6, 6.07) is 12.4. The molecule has 1 N–H and O–H groups in total. The van der Waals surface area contributed by atoms with Crippen molar-refractivity contribution < 1.29 is 4.79 Å². The zero-order valence-electron chi connectivity index (χ0n) is 14.0. The van der Waals surface area contributed by atoms with Gasteiger partial charge < -0.3 is 5.32 Å². The largest absolute Gasteiger partial charge is 0.344 e. The van der Waals surface area contributed by atoms with Gasteiger partial charge in [-0.3, -0.25) is 4.79 Å². The Bertz CT molecular complexity index is 646. The molecule has 24 heavy (non-hydrogen) atoms. The van der Waals surface area contributed by atoms with Crippen molar-refractivity contribution in [3.8, 4) is 0 Å². The molecular weight excluding hydrogens is 354 g/mol. The third-order valence-corrected chi connectivity index (χ3v) is 8.05. The molecule has 1 atom stereocenters. The van der Waals surface area contributed by atoms with Crippen LogP contribution in [0.1, 0.15) is 51.7 Å². The summed E-state index contributed by atoms with van der Waals surface area (Å²) >= 11 is 5.71. The molecule has 2 aromatic rings. The Morgan fingerprint density at radius 3 is 2.42 bits per heavy atom. The van der Waals surface area contributed by atoms with E-state index in [2.05, 4.69) is 42.7 Å². The highest BCUT2D eigenvalue weighted by molar-refractivity contribution is 8.16. The number of nitrogens with one attached hydrogen (secondary N) is 1. The van der Waals surface area contributed by atoms with Crippen LogP contribution < -0.4 is 5.32 Å². The van der Waals surface area contributed by atoms with Gasteiger partial charge in [-0.2, -0.15) is 0 Å². The topological polar surface area (TPSA) is 29.1 Å². The summed E-state index contributed by atoms with van der Waals surface area (Å²) in [6.45, 7) is 4.29. The summed E-state index contributed by atoms with van der Waals surface area (Å²) in [5.41, 5.74) is 2.06. The number of thioether (sulfide) groups is 2. The fourth-order valence-electron chi connectivity index (χ4n) is 2.73. The predicted octanol–water partition coefficient (Wildman–Crippen LogP) is 5.74. The average Bonchev–Trinajstić information content (AvgIpc) is 3.14.